The largest absolute Gasteiger partial charge is 0.459 e. The number of nitrogens with one attached hydrogen (secondary N) is 2. The molecule has 0 spiro atoms. The molecule has 122 valence electrons. The second-order valence-electron chi connectivity index (χ2n) is 5.22. The van der Waals surface area contributed by atoms with Crippen molar-refractivity contribution in [2.45, 2.75) is 13.5 Å². The van der Waals surface area contributed by atoms with Crippen molar-refractivity contribution in [3.05, 3.63) is 76.6 Å². The molecule has 3 aromatic rings. The Balaban J connectivity index is 1.65. The molecule has 2 aromatic heterocycles. The van der Waals surface area contributed by atoms with Gasteiger partial charge in [-0.2, -0.15) is 0 Å². The van der Waals surface area contributed by atoms with Crippen molar-refractivity contribution >= 4 is 28.2 Å². The predicted molar refractivity (Wildman–Crippen MR) is 93.3 cm³/mol. The number of hydrogen-bond donors (Lipinski definition) is 2. The fourth-order valence-corrected chi connectivity index (χ4v) is 3.19. The van der Waals surface area contributed by atoms with E-state index in [1.165, 1.54) is 17.6 Å². The standard InChI is InChI=1S/C18H16N2O3S/c1-12-10-15(20-17(21)14-8-5-9-23-14)24-16(12)18(22)19-11-13-6-3-2-4-7-13/h2-10H,11H2,1H3,(H,19,22)(H,20,21). The van der Waals surface area contributed by atoms with Gasteiger partial charge < -0.3 is 15.1 Å². The highest BCUT2D eigenvalue weighted by Gasteiger charge is 2.16. The van der Waals surface area contributed by atoms with Crippen molar-refractivity contribution in [1.29, 1.82) is 0 Å². The van der Waals surface area contributed by atoms with Gasteiger partial charge in [-0.3, -0.25) is 9.59 Å². The van der Waals surface area contributed by atoms with E-state index in [4.69, 9.17) is 4.42 Å². The maximum atomic E-state index is 12.3. The van der Waals surface area contributed by atoms with Crippen LogP contribution in [-0.4, -0.2) is 11.8 Å². The van der Waals surface area contributed by atoms with Gasteiger partial charge in [0.25, 0.3) is 11.8 Å². The van der Waals surface area contributed by atoms with E-state index in [-0.39, 0.29) is 17.6 Å². The van der Waals surface area contributed by atoms with E-state index in [2.05, 4.69) is 10.6 Å². The average Bonchev–Trinajstić information content (AvgIpc) is 3.23. The van der Waals surface area contributed by atoms with Crippen molar-refractivity contribution in [2.75, 3.05) is 5.32 Å². The first-order chi connectivity index (χ1) is 11.6. The Morgan fingerprint density at radius 1 is 1.08 bits per heavy atom. The van der Waals surface area contributed by atoms with Crippen molar-refractivity contribution in [3.8, 4) is 0 Å². The number of amides is 2. The van der Waals surface area contributed by atoms with Crippen molar-refractivity contribution in [3.63, 3.8) is 0 Å². The predicted octanol–water partition coefficient (Wildman–Crippen LogP) is 3.83. The van der Waals surface area contributed by atoms with E-state index >= 15 is 0 Å². The van der Waals surface area contributed by atoms with Gasteiger partial charge >= 0.3 is 0 Å². The molecule has 2 N–H and O–H groups in total. The highest BCUT2D eigenvalue weighted by Crippen LogP contribution is 2.27. The minimum absolute atomic E-state index is 0.153. The minimum Gasteiger partial charge on any atom is -0.459 e. The van der Waals surface area contributed by atoms with Gasteiger partial charge in [-0.25, -0.2) is 0 Å². The number of hydrogen-bond acceptors (Lipinski definition) is 4. The zero-order valence-electron chi connectivity index (χ0n) is 13.0. The zero-order valence-corrected chi connectivity index (χ0v) is 13.9. The maximum absolute atomic E-state index is 12.3. The van der Waals surface area contributed by atoms with Crippen LogP contribution in [0.4, 0.5) is 5.00 Å². The molecule has 1 aromatic carbocycles. The summed E-state index contributed by atoms with van der Waals surface area (Å²) in [7, 11) is 0. The van der Waals surface area contributed by atoms with Crippen LogP contribution in [-0.2, 0) is 6.54 Å². The zero-order chi connectivity index (χ0) is 16.9. The summed E-state index contributed by atoms with van der Waals surface area (Å²) in [5, 5.41) is 6.24. The molecular weight excluding hydrogens is 324 g/mol. The third kappa shape index (κ3) is 3.72. The van der Waals surface area contributed by atoms with Crippen LogP contribution in [0.25, 0.3) is 0 Å². The summed E-state index contributed by atoms with van der Waals surface area (Å²) in [6.07, 6.45) is 1.44. The topological polar surface area (TPSA) is 71.3 Å². The summed E-state index contributed by atoms with van der Waals surface area (Å²) in [6.45, 7) is 2.31. The summed E-state index contributed by atoms with van der Waals surface area (Å²) in [5.41, 5.74) is 1.85. The van der Waals surface area contributed by atoms with E-state index in [9.17, 15) is 9.59 Å². The molecule has 3 rings (SSSR count). The number of carbonyl (C=O) groups excluding carboxylic acids is 2. The SMILES string of the molecule is Cc1cc(NC(=O)c2ccco2)sc1C(=O)NCc1ccccc1. The van der Waals surface area contributed by atoms with Gasteiger partial charge in [-0.05, 0) is 36.2 Å². The second kappa shape index (κ2) is 7.14. The number of aryl methyl sites for hydroxylation is 1. The Kier molecular flexibility index (Phi) is 4.77. The lowest BCUT2D eigenvalue weighted by molar-refractivity contribution is 0.0953. The Labute approximate surface area is 143 Å². The normalized spacial score (nSPS) is 10.4. The molecule has 0 fully saturated rings. The number of carbonyl (C=O) groups is 2. The number of benzene rings is 1. The highest BCUT2D eigenvalue weighted by molar-refractivity contribution is 7.18. The molecule has 0 saturated carbocycles. The van der Waals surface area contributed by atoms with Crippen LogP contribution in [0.5, 0.6) is 0 Å². The van der Waals surface area contributed by atoms with Gasteiger partial charge in [0.05, 0.1) is 16.1 Å². The number of rotatable bonds is 5. The lowest BCUT2D eigenvalue weighted by Crippen LogP contribution is -2.22. The Morgan fingerprint density at radius 2 is 1.88 bits per heavy atom. The van der Waals surface area contributed by atoms with E-state index in [0.29, 0.717) is 16.4 Å². The molecule has 0 unspecified atom stereocenters. The first-order valence-corrected chi connectivity index (χ1v) is 8.22. The van der Waals surface area contributed by atoms with Gasteiger partial charge in [0.2, 0.25) is 0 Å². The lowest BCUT2D eigenvalue weighted by atomic mass is 10.2. The van der Waals surface area contributed by atoms with Gasteiger partial charge in [-0.15, -0.1) is 11.3 Å². The van der Waals surface area contributed by atoms with E-state index in [0.717, 1.165) is 11.1 Å². The first kappa shape index (κ1) is 16.0. The monoisotopic (exact) mass is 340 g/mol. The number of anilines is 1. The summed E-state index contributed by atoms with van der Waals surface area (Å²) in [4.78, 5) is 24.9. The Hall–Kier alpha value is -2.86. The molecule has 2 heterocycles. The molecule has 0 saturated heterocycles. The van der Waals surface area contributed by atoms with E-state index in [1.807, 2.05) is 37.3 Å². The molecule has 24 heavy (non-hydrogen) atoms. The van der Waals surface area contributed by atoms with Crippen LogP contribution in [0.15, 0.2) is 59.2 Å². The third-order valence-electron chi connectivity index (χ3n) is 3.40. The van der Waals surface area contributed by atoms with Crippen molar-refractivity contribution in [1.82, 2.24) is 5.32 Å². The van der Waals surface area contributed by atoms with Crippen LogP contribution in [0.3, 0.4) is 0 Å². The van der Waals surface area contributed by atoms with Gasteiger partial charge in [-0.1, -0.05) is 30.3 Å². The molecular formula is C18H16N2O3S. The fourth-order valence-electron chi connectivity index (χ4n) is 2.21. The molecule has 0 atom stereocenters. The third-order valence-corrected chi connectivity index (χ3v) is 4.55. The van der Waals surface area contributed by atoms with Crippen LogP contribution >= 0.6 is 11.3 Å². The molecule has 2 amide bonds. The number of thiophene rings is 1. The maximum Gasteiger partial charge on any atom is 0.291 e. The molecule has 0 aliphatic rings. The van der Waals surface area contributed by atoms with E-state index in [1.54, 1.807) is 18.2 Å². The summed E-state index contributed by atoms with van der Waals surface area (Å²) < 4.78 is 5.05. The molecule has 0 aliphatic heterocycles. The fraction of sp³-hybridized carbons (Fsp3) is 0.111. The highest BCUT2D eigenvalue weighted by atomic mass is 32.1. The van der Waals surface area contributed by atoms with Crippen LogP contribution < -0.4 is 10.6 Å². The van der Waals surface area contributed by atoms with Crippen molar-refractivity contribution in [2.24, 2.45) is 0 Å². The molecule has 0 radical (unpaired) electrons. The smallest absolute Gasteiger partial charge is 0.291 e. The number of furan rings is 1. The summed E-state index contributed by atoms with van der Waals surface area (Å²) in [6, 6.07) is 14.7. The Morgan fingerprint density at radius 3 is 2.58 bits per heavy atom. The minimum atomic E-state index is -0.336. The average molecular weight is 340 g/mol. The molecule has 6 heteroatoms. The van der Waals surface area contributed by atoms with Gasteiger partial charge in [0.15, 0.2) is 5.76 Å². The summed E-state index contributed by atoms with van der Waals surface area (Å²) >= 11 is 1.24. The van der Waals surface area contributed by atoms with Crippen LogP contribution in [0.2, 0.25) is 0 Å². The molecule has 5 nitrogen and oxygen atoms in total. The lowest BCUT2D eigenvalue weighted by Gasteiger charge is -2.04. The van der Waals surface area contributed by atoms with Gasteiger partial charge in [0.1, 0.15) is 0 Å². The van der Waals surface area contributed by atoms with E-state index < -0.39 is 0 Å². The van der Waals surface area contributed by atoms with Crippen LogP contribution in [0, 0.1) is 6.92 Å². The van der Waals surface area contributed by atoms with Crippen LogP contribution in [0.1, 0.15) is 31.4 Å². The van der Waals surface area contributed by atoms with Gasteiger partial charge in [0, 0.05) is 6.54 Å². The first-order valence-electron chi connectivity index (χ1n) is 7.41. The molecule has 0 aliphatic carbocycles. The van der Waals surface area contributed by atoms with Crippen molar-refractivity contribution < 1.29 is 14.0 Å². The summed E-state index contributed by atoms with van der Waals surface area (Å²) in [5.74, 6) is -0.256. The Bertz CT molecular complexity index is 839. The quantitative estimate of drug-likeness (QED) is 0.741. The second-order valence-corrected chi connectivity index (χ2v) is 6.27. The molecule has 0 bridgehead atoms.